The van der Waals surface area contributed by atoms with Crippen LogP contribution in [-0.2, 0) is 0 Å². The number of benzene rings is 1. The fraction of sp³-hybridized carbons (Fsp3) is 0.0769. The molecule has 2 rings (SSSR count). The lowest BCUT2D eigenvalue weighted by atomic mass is 10.3. The maximum absolute atomic E-state index is 11.0. The lowest BCUT2D eigenvalue weighted by Gasteiger charge is -2.06. The molecule has 3 nitrogen and oxygen atoms in total. The highest BCUT2D eigenvalue weighted by Gasteiger charge is 2.08. The van der Waals surface area contributed by atoms with Crippen molar-refractivity contribution >= 4 is 29.6 Å². The first-order valence-corrected chi connectivity index (χ1v) is 6.34. The van der Waals surface area contributed by atoms with Crippen LogP contribution in [0.25, 0.3) is 0 Å². The summed E-state index contributed by atoms with van der Waals surface area (Å²) in [6, 6.07) is 7.56. The minimum absolute atomic E-state index is 0.364. The standard InChI is InChI=1S/C13H10ClNO2S/c1-17-9-2-4-10(5-3-9)18-13-7-15-6-12(14)11(13)8-16/h2-8H,1H3. The van der Waals surface area contributed by atoms with Crippen LogP contribution < -0.4 is 4.74 Å². The number of nitrogens with zero attached hydrogens (tertiary/aromatic N) is 1. The first-order valence-electron chi connectivity index (χ1n) is 5.15. The zero-order chi connectivity index (χ0) is 13.0. The molecule has 92 valence electrons. The van der Waals surface area contributed by atoms with E-state index in [2.05, 4.69) is 4.98 Å². The van der Waals surface area contributed by atoms with E-state index in [1.807, 2.05) is 24.3 Å². The molecular weight excluding hydrogens is 270 g/mol. The smallest absolute Gasteiger partial charge is 0.152 e. The molecule has 18 heavy (non-hydrogen) atoms. The van der Waals surface area contributed by atoms with Crippen molar-refractivity contribution in [2.24, 2.45) is 0 Å². The zero-order valence-corrected chi connectivity index (χ0v) is 11.2. The lowest BCUT2D eigenvalue weighted by molar-refractivity contribution is 0.112. The third-order valence-corrected chi connectivity index (χ3v) is 3.66. The quantitative estimate of drug-likeness (QED) is 0.800. The van der Waals surface area contributed by atoms with Crippen molar-refractivity contribution in [1.29, 1.82) is 0 Å². The monoisotopic (exact) mass is 279 g/mol. The number of aldehydes is 1. The van der Waals surface area contributed by atoms with Gasteiger partial charge in [-0.05, 0) is 24.3 Å². The van der Waals surface area contributed by atoms with E-state index < -0.39 is 0 Å². The molecular formula is C13H10ClNO2S. The topological polar surface area (TPSA) is 39.2 Å². The van der Waals surface area contributed by atoms with Gasteiger partial charge in [0, 0.05) is 27.7 Å². The van der Waals surface area contributed by atoms with Crippen LogP contribution in [-0.4, -0.2) is 18.4 Å². The van der Waals surface area contributed by atoms with Gasteiger partial charge in [-0.25, -0.2) is 0 Å². The van der Waals surface area contributed by atoms with Gasteiger partial charge >= 0.3 is 0 Å². The Labute approximate surface area is 114 Å². The third-order valence-electron chi connectivity index (χ3n) is 2.31. The molecule has 0 saturated heterocycles. The molecule has 0 aliphatic rings. The number of hydrogen-bond acceptors (Lipinski definition) is 4. The van der Waals surface area contributed by atoms with Crippen molar-refractivity contribution < 1.29 is 9.53 Å². The number of hydrogen-bond donors (Lipinski definition) is 0. The van der Waals surface area contributed by atoms with Crippen molar-refractivity contribution in [3.63, 3.8) is 0 Å². The molecule has 0 unspecified atom stereocenters. The van der Waals surface area contributed by atoms with Gasteiger partial charge in [-0.15, -0.1) is 0 Å². The summed E-state index contributed by atoms with van der Waals surface area (Å²) in [5.41, 5.74) is 0.465. The van der Waals surface area contributed by atoms with Crippen LogP contribution in [0.3, 0.4) is 0 Å². The molecule has 1 aromatic heterocycles. The molecule has 0 N–H and O–H groups in total. The van der Waals surface area contributed by atoms with Crippen LogP contribution in [0.4, 0.5) is 0 Å². The van der Waals surface area contributed by atoms with Gasteiger partial charge in [0.15, 0.2) is 6.29 Å². The number of carbonyl (C=O) groups is 1. The molecule has 0 saturated carbocycles. The average Bonchev–Trinajstić information content (AvgIpc) is 2.40. The highest BCUT2D eigenvalue weighted by Crippen LogP contribution is 2.32. The van der Waals surface area contributed by atoms with Crippen LogP contribution in [0.1, 0.15) is 10.4 Å². The summed E-state index contributed by atoms with van der Waals surface area (Å²) in [7, 11) is 1.62. The van der Waals surface area contributed by atoms with E-state index in [1.54, 1.807) is 13.3 Å². The SMILES string of the molecule is COc1ccc(Sc2cncc(Cl)c2C=O)cc1. The second-order valence-corrected chi connectivity index (χ2v) is 4.95. The molecule has 5 heteroatoms. The maximum atomic E-state index is 11.0. The van der Waals surface area contributed by atoms with E-state index in [0.29, 0.717) is 10.6 Å². The molecule has 0 spiro atoms. The zero-order valence-electron chi connectivity index (χ0n) is 9.59. The summed E-state index contributed by atoms with van der Waals surface area (Å²) in [5.74, 6) is 0.791. The van der Waals surface area contributed by atoms with E-state index in [9.17, 15) is 4.79 Å². The molecule has 0 radical (unpaired) electrons. The number of rotatable bonds is 4. The summed E-state index contributed by atoms with van der Waals surface area (Å²) < 4.78 is 5.08. The highest BCUT2D eigenvalue weighted by atomic mass is 35.5. The number of halogens is 1. The summed E-state index contributed by atoms with van der Waals surface area (Å²) >= 11 is 7.35. The molecule has 1 heterocycles. The average molecular weight is 280 g/mol. The van der Waals surface area contributed by atoms with Gasteiger partial charge < -0.3 is 4.74 Å². The normalized spacial score (nSPS) is 10.1. The number of methoxy groups -OCH3 is 1. The Balaban J connectivity index is 2.28. The van der Waals surface area contributed by atoms with Gasteiger partial charge in [0.2, 0.25) is 0 Å². The summed E-state index contributed by atoms with van der Waals surface area (Å²) in [4.78, 5) is 16.7. The van der Waals surface area contributed by atoms with Gasteiger partial charge in [0.25, 0.3) is 0 Å². The van der Waals surface area contributed by atoms with Crippen LogP contribution in [0.15, 0.2) is 46.5 Å². The maximum Gasteiger partial charge on any atom is 0.152 e. The van der Waals surface area contributed by atoms with Crippen LogP contribution in [0.2, 0.25) is 5.02 Å². The van der Waals surface area contributed by atoms with Crippen molar-refractivity contribution in [3.05, 3.63) is 47.2 Å². The van der Waals surface area contributed by atoms with Crippen molar-refractivity contribution in [3.8, 4) is 5.75 Å². The Morgan fingerprint density at radius 3 is 2.61 bits per heavy atom. The van der Waals surface area contributed by atoms with Gasteiger partial charge in [0.05, 0.1) is 12.1 Å². The first-order chi connectivity index (χ1) is 8.74. The minimum Gasteiger partial charge on any atom is -0.497 e. The molecule has 1 aromatic carbocycles. The van der Waals surface area contributed by atoms with Gasteiger partial charge in [-0.1, -0.05) is 23.4 Å². The molecule has 0 aliphatic carbocycles. The molecule has 0 aliphatic heterocycles. The van der Waals surface area contributed by atoms with Crippen LogP contribution >= 0.6 is 23.4 Å². The van der Waals surface area contributed by atoms with E-state index in [1.165, 1.54) is 18.0 Å². The van der Waals surface area contributed by atoms with Crippen LogP contribution in [0.5, 0.6) is 5.75 Å². The van der Waals surface area contributed by atoms with Crippen molar-refractivity contribution in [2.75, 3.05) is 7.11 Å². The Hall–Kier alpha value is -1.52. The highest BCUT2D eigenvalue weighted by molar-refractivity contribution is 7.99. The number of pyridine rings is 1. The second kappa shape index (κ2) is 5.89. The summed E-state index contributed by atoms with van der Waals surface area (Å²) in [6.07, 6.45) is 3.84. The molecule has 0 bridgehead atoms. The summed E-state index contributed by atoms with van der Waals surface area (Å²) in [6.45, 7) is 0. The van der Waals surface area contributed by atoms with Crippen LogP contribution in [0, 0.1) is 0 Å². The largest absolute Gasteiger partial charge is 0.497 e. The van der Waals surface area contributed by atoms with Crippen molar-refractivity contribution in [1.82, 2.24) is 4.98 Å². The number of ether oxygens (including phenoxy) is 1. The molecule has 0 fully saturated rings. The Bertz CT molecular complexity index is 557. The fourth-order valence-electron chi connectivity index (χ4n) is 1.39. The second-order valence-electron chi connectivity index (χ2n) is 3.43. The van der Waals surface area contributed by atoms with Gasteiger partial charge in [-0.2, -0.15) is 0 Å². The Kier molecular flexibility index (Phi) is 4.23. The van der Waals surface area contributed by atoms with Crippen molar-refractivity contribution in [2.45, 2.75) is 9.79 Å². The minimum atomic E-state index is 0.364. The Morgan fingerprint density at radius 2 is 2.00 bits per heavy atom. The summed E-state index contributed by atoms with van der Waals surface area (Å²) in [5, 5.41) is 0.364. The predicted molar refractivity (Wildman–Crippen MR) is 71.8 cm³/mol. The molecule has 2 aromatic rings. The number of carbonyl (C=O) groups excluding carboxylic acids is 1. The Morgan fingerprint density at radius 1 is 1.28 bits per heavy atom. The predicted octanol–water partition coefficient (Wildman–Crippen LogP) is 3.71. The van der Waals surface area contributed by atoms with Gasteiger partial charge in [-0.3, -0.25) is 9.78 Å². The van der Waals surface area contributed by atoms with E-state index in [0.717, 1.165) is 21.8 Å². The first kappa shape index (κ1) is 12.9. The van der Waals surface area contributed by atoms with E-state index in [4.69, 9.17) is 16.3 Å². The van der Waals surface area contributed by atoms with E-state index in [-0.39, 0.29) is 0 Å². The fourth-order valence-corrected chi connectivity index (χ4v) is 2.56. The van der Waals surface area contributed by atoms with Gasteiger partial charge in [0.1, 0.15) is 5.75 Å². The van der Waals surface area contributed by atoms with E-state index >= 15 is 0 Å². The lowest BCUT2D eigenvalue weighted by Crippen LogP contribution is -1.89. The molecule has 0 atom stereocenters. The number of aromatic nitrogens is 1. The molecule has 0 amide bonds. The third kappa shape index (κ3) is 2.83.